The Bertz CT molecular complexity index is 2540. The zero-order chi connectivity index (χ0) is 53.1. The van der Waals surface area contributed by atoms with Gasteiger partial charge in [-0.25, -0.2) is 4.79 Å². The summed E-state index contributed by atoms with van der Waals surface area (Å²) in [4.78, 5) is 16.5. The van der Waals surface area contributed by atoms with E-state index in [9.17, 15) is 20.6 Å². The highest BCUT2D eigenvalue weighted by Gasteiger charge is 2.42. The second-order valence-corrected chi connectivity index (χ2v) is 17.7. The molecule has 0 aliphatic carbocycles. The van der Waals surface area contributed by atoms with Crippen LogP contribution in [0.15, 0.2) is 95.3 Å². The molecular weight excluding hydrogens is 945 g/mol. The molecule has 0 saturated heterocycles. The minimum Gasteiger partial charge on any atom is -0.490 e. The molecule has 1 atom stereocenters. The fraction of sp³-hybridized carbons (Fsp3) is 0.474. The monoisotopic (exact) mass is 1020 g/mol. The van der Waals surface area contributed by atoms with Crippen molar-refractivity contribution in [2.45, 2.75) is 53.1 Å². The molecule has 396 valence electrons. The molecule has 2 aliphatic rings. The zero-order valence-corrected chi connectivity index (χ0v) is 43.9. The first-order valence-electron chi connectivity index (χ1n) is 25.1. The molecule has 0 bridgehead atoms. The number of esters is 1. The lowest BCUT2D eigenvalue weighted by atomic mass is 9.88. The fourth-order valence-electron chi connectivity index (χ4n) is 8.12. The first-order chi connectivity index (χ1) is 35.9. The molecule has 5 rings (SSSR count). The van der Waals surface area contributed by atoms with Crippen LogP contribution in [0.1, 0.15) is 50.3 Å². The number of allylic oxidation sites excluding steroid dienone is 2. The van der Waals surface area contributed by atoms with E-state index in [1.54, 1.807) is 27.0 Å². The van der Waals surface area contributed by atoms with Crippen molar-refractivity contribution in [2.24, 2.45) is 0 Å². The number of nitrogens with one attached hydrogen (secondary N) is 1. The summed E-state index contributed by atoms with van der Waals surface area (Å²) in [5.74, 6) is 1.41. The van der Waals surface area contributed by atoms with Gasteiger partial charge in [-0.15, -0.1) is 0 Å². The van der Waals surface area contributed by atoms with E-state index in [4.69, 9.17) is 47.4 Å². The molecule has 17 nitrogen and oxygen atoms in total. The van der Waals surface area contributed by atoms with E-state index >= 15 is 0 Å². The summed E-state index contributed by atoms with van der Waals surface area (Å²) in [7, 11) is 1.61. The largest absolute Gasteiger partial charge is 0.490 e. The highest BCUT2D eigenvalue weighted by Crippen LogP contribution is 2.44. The van der Waals surface area contributed by atoms with Crippen molar-refractivity contribution in [3.05, 3.63) is 112 Å². The molecule has 0 saturated carbocycles. The minimum absolute atomic E-state index is 0.0678. The SMILES string of the molecule is C=C(C)C(=O)OCCCC1(C)OC(=C(C#N)C#N)C(C#N)=C1C=Cc1ccc(N2CCOc3cc(C)ccc3NCCOCCOCCN(CCOCCOCC)c3ccc(C)cc3OCC2)c(OCCOC)c1. The number of hydrogen-bond acceptors (Lipinski definition) is 17. The first-order valence-corrected chi connectivity index (χ1v) is 25.1. The van der Waals surface area contributed by atoms with Crippen LogP contribution in [0.4, 0.5) is 17.1 Å². The second-order valence-electron chi connectivity index (χ2n) is 17.7. The van der Waals surface area contributed by atoms with E-state index < -0.39 is 11.6 Å². The first kappa shape index (κ1) is 57.9. The normalized spacial score (nSPS) is 16.9. The molecule has 0 fully saturated rings. The number of carbonyl (C=O) groups is 1. The number of hydrogen-bond donors (Lipinski definition) is 1. The van der Waals surface area contributed by atoms with Crippen molar-refractivity contribution in [3.8, 4) is 35.5 Å². The molecule has 0 spiro atoms. The topological polar surface area (TPSA) is 199 Å². The number of aryl methyl sites for hydroxylation is 2. The number of methoxy groups -OCH3 is 1. The summed E-state index contributed by atoms with van der Waals surface area (Å²) in [6.07, 6.45) is 4.25. The van der Waals surface area contributed by atoms with Crippen LogP contribution in [0, 0.1) is 47.8 Å². The number of carbonyl (C=O) groups excluding carboxylic acids is 1. The Morgan fingerprint density at radius 3 is 2.23 bits per heavy atom. The van der Waals surface area contributed by atoms with Crippen molar-refractivity contribution in [1.82, 2.24) is 0 Å². The van der Waals surface area contributed by atoms with Crippen LogP contribution in [0.25, 0.3) is 6.08 Å². The molecule has 2 aliphatic heterocycles. The Morgan fingerprint density at radius 1 is 0.811 bits per heavy atom. The predicted octanol–water partition coefficient (Wildman–Crippen LogP) is 8.43. The Morgan fingerprint density at radius 2 is 1.51 bits per heavy atom. The molecule has 2 heterocycles. The van der Waals surface area contributed by atoms with Gasteiger partial charge in [0.05, 0.1) is 89.6 Å². The lowest BCUT2D eigenvalue weighted by Crippen LogP contribution is -2.34. The van der Waals surface area contributed by atoms with Crippen LogP contribution < -0.4 is 29.3 Å². The number of fused-ring (bicyclic) bond motifs is 2. The van der Waals surface area contributed by atoms with E-state index in [1.165, 1.54) is 0 Å². The van der Waals surface area contributed by atoms with Gasteiger partial charge in [0.2, 0.25) is 0 Å². The molecule has 0 amide bonds. The van der Waals surface area contributed by atoms with Gasteiger partial charge in [-0.1, -0.05) is 36.9 Å². The van der Waals surface area contributed by atoms with Crippen LogP contribution in [0.2, 0.25) is 0 Å². The Labute approximate surface area is 437 Å². The summed E-state index contributed by atoms with van der Waals surface area (Å²) < 4.78 is 60.2. The molecule has 0 aromatic heterocycles. The quantitative estimate of drug-likeness (QED) is 0.0519. The summed E-state index contributed by atoms with van der Waals surface area (Å²) in [5.41, 5.74) is 4.74. The molecule has 3 aromatic carbocycles. The van der Waals surface area contributed by atoms with Gasteiger partial charge in [0.15, 0.2) is 11.3 Å². The van der Waals surface area contributed by atoms with Gasteiger partial charge in [0.1, 0.15) is 66.5 Å². The van der Waals surface area contributed by atoms with Crippen LogP contribution in [-0.4, -0.2) is 137 Å². The van der Waals surface area contributed by atoms with Gasteiger partial charge in [-0.2, -0.15) is 15.8 Å². The van der Waals surface area contributed by atoms with E-state index in [2.05, 4.69) is 46.0 Å². The summed E-state index contributed by atoms with van der Waals surface area (Å²) in [6, 6.07) is 24.0. The van der Waals surface area contributed by atoms with Crippen LogP contribution in [-0.2, 0) is 38.0 Å². The molecule has 74 heavy (non-hydrogen) atoms. The van der Waals surface area contributed by atoms with Crippen molar-refractivity contribution in [2.75, 3.05) is 141 Å². The van der Waals surface area contributed by atoms with E-state index in [1.807, 2.05) is 75.4 Å². The number of rotatable bonds is 19. The number of benzene rings is 3. The van der Waals surface area contributed by atoms with Gasteiger partial charge in [0, 0.05) is 44.5 Å². The third kappa shape index (κ3) is 17.6. The minimum atomic E-state index is -1.14. The van der Waals surface area contributed by atoms with Gasteiger partial charge < -0.3 is 62.5 Å². The number of anilines is 3. The third-order valence-corrected chi connectivity index (χ3v) is 12.0. The average molecular weight is 1020 g/mol. The Hall–Kier alpha value is -7.04. The number of nitriles is 3. The smallest absolute Gasteiger partial charge is 0.333 e. The second kappa shape index (κ2) is 30.9. The van der Waals surface area contributed by atoms with Crippen LogP contribution in [0.5, 0.6) is 17.2 Å². The Balaban J connectivity index is 1.51. The summed E-state index contributed by atoms with van der Waals surface area (Å²) >= 11 is 0. The lowest BCUT2D eigenvalue weighted by Gasteiger charge is -2.29. The molecule has 1 unspecified atom stereocenters. The van der Waals surface area contributed by atoms with Crippen molar-refractivity contribution in [3.63, 3.8) is 0 Å². The van der Waals surface area contributed by atoms with Crippen molar-refractivity contribution >= 4 is 29.1 Å². The van der Waals surface area contributed by atoms with Gasteiger partial charge in [-0.3, -0.25) is 0 Å². The van der Waals surface area contributed by atoms with Crippen molar-refractivity contribution < 1.29 is 52.2 Å². The predicted molar refractivity (Wildman–Crippen MR) is 283 cm³/mol. The third-order valence-electron chi connectivity index (χ3n) is 12.0. The molecular formula is C57H72N6O11. The highest BCUT2D eigenvalue weighted by atomic mass is 16.5. The maximum atomic E-state index is 12.1. The Kier molecular flexibility index (Phi) is 24.1. The highest BCUT2D eigenvalue weighted by molar-refractivity contribution is 5.86. The molecule has 0 radical (unpaired) electrons. The van der Waals surface area contributed by atoms with Gasteiger partial charge in [0.25, 0.3) is 0 Å². The summed E-state index contributed by atoms with van der Waals surface area (Å²) in [5, 5.41) is 33.5. The average Bonchev–Trinajstić information content (AvgIpc) is 3.67. The van der Waals surface area contributed by atoms with Crippen LogP contribution in [0.3, 0.4) is 0 Å². The van der Waals surface area contributed by atoms with E-state index in [-0.39, 0.29) is 35.7 Å². The maximum Gasteiger partial charge on any atom is 0.333 e. The van der Waals surface area contributed by atoms with E-state index in [0.29, 0.717) is 130 Å². The standard InChI is InChI=1S/C57H72N6O11/c1-8-66-31-32-68-26-20-62-21-27-69-34-33-67-25-19-61-49-15-10-43(4)36-52(49)70-28-22-63(23-29-71-53-37-44(5)11-16-50(53)62)51-17-13-45(38-54(51)72-35-30-65-7)12-14-48-47(41-60)55(46(39-58)40-59)74-57(48,6)18-9-24-73-56(64)42(2)3/h10-17,36-38,61H,2,8-9,18-35H2,1,3-7H3. The number of nitrogens with zero attached hydrogens (tertiary/aromatic N) is 5. The zero-order valence-electron chi connectivity index (χ0n) is 43.9. The molecule has 3 aromatic rings. The summed E-state index contributed by atoms with van der Waals surface area (Å²) in [6.45, 7) is 21.0. The van der Waals surface area contributed by atoms with Crippen molar-refractivity contribution in [1.29, 1.82) is 15.8 Å². The number of ether oxygens (including phenoxy) is 10. The molecule has 1 N–H and O–H groups in total. The van der Waals surface area contributed by atoms with E-state index in [0.717, 1.165) is 45.3 Å². The van der Waals surface area contributed by atoms with Gasteiger partial charge >= 0.3 is 5.97 Å². The molecule has 17 heteroatoms. The lowest BCUT2D eigenvalue weighted by molar-refractivity contribution is -0.139. The fourth-order valence-corrected chi connectivity index (χ4v) is 8.12. The van der Waals surface area contributed by atoms with Crippen LogP contribution >= 0.6 is 0 Å². The van der Waals surface area contributed by atoms with Gasteiger partial charge in [-0.05, 0) is 101 Å². The maximum absolute atomic E-state index is 12.1.